The molecule has 8 heteroatoms. The highest BCUT2D eigenvalue weighted by Crippen LogP contribution is 2.38. The lowest BCUT2D eigenvalue weighted by atomic mass is 9.79. The molecule has 2 aromatic rings. The summed E-state index contributed by atoms with van der Waals surface area (Å²) in [6.07, 6.45) is 4.08. The van der Waals surface area contributed by atoms with Gasteiger partial charge in [0.1, 0.15) is 11.5 Å². The number of carbonyl (C=O) groups excluding carboxylic acids is 2. The van der Waals surface area contributed by atoms with Crippen molar-refractivity contribution in [1.82, 2.24) is 4.98 Å². The third kappa shape index (κ3) is 4.11. The van der Waals surface area contributed by atoms with Crippen LogP contribution in [-0.2, 0) is 5.41 Å². The molecule has 1 aliphatic rings. The Hall–Kier alpha value is -2.87. The normalized spacial score (nSPS) is 19.3. The lowest BCUT2D eigenvalue weighted by Crippen LogP contribution is -2.26. The van der Waals surface area contributed by atoms with Gasteiger partial charge in [-0.1, -0.05) is 6.92 Å². The second kappa shape index (κ2) is 7.40. The van der Waals surface area contributed by atoms with Crippen LogP contribution in [0, 0.1) is 5.82 Å². The van der Waals surface area contributed by atoms with Gasteiger partial charge in [-0.25, -0.2) is 4.39 Å². The Bertz CT molecular complexity index is 947. The summed E-state index contributed by atoms with van der Waals surface area (Å²) in [5.74, 6) is -1.06. The minimum absolute atomic E-state index is 0.00130. The monoisotopic (exact) mass is 386 g/mol. The molecule has 0 spiro atoms. The van der Waals surface area contributed by atoms with E-state index < -0.39 is 23.0 Å². The first kappa shape index (κ1) is 18.9. The van der Waals surface area contributed by atoms with Crippen LogP contribution < -0.4 is 16.8 Å². The largest absolute Gasteiger partial charge is 0.394 e. The third-order valence-corrected chi connectivity index (χ3v) is 5.31. The van der Waals surface area contributed by atoms with Crippen LogP contribution >= 0.6 is 11.8 Å². The molecule has 0 radical (unpaired) electrons. The second-order valence-electron chi connectivity index (χ2n) is 6.51. The number of nitrogens with zero attached hydrogens (tertiary/aromatic N) is 1. The Morgan fingerprint density at radius 3 is 2.81 bits per heavy atom. The van der Waals surface area contributed by atoms with E-state index in [1.54, 1.807) is 17.8 Å². The van der Waals surface area contributed by atoms with E-state index in [1.807, 2.05) is 13.0 Å². The van der Waals surface area contributed by atoms with Gasteiger partial charge in [0.2, 0.25) is 0 Å². The van der Waals surface area contributed by atoms with Crippen molar-refractivity contribution < 1.29 is 14.0 Å². The zero-order chi connectivity index (χ0) is 19.6. The van der Waals surface area contributed by atoms with Crippen LogP contribution in [0.15, 0.2) is 47.6 Å². The molecule has 0 bridgehead atoms. The van der Waals surface area contributed by atoms with Crippen molar-refractivity contribution in [2.24, 2.45) is 11.5 Å². The van der Waals surface area contributed by atoms with E-state index >= 15 is 0 Å². The van der Waals surface area contributed by atoms with Crippen LogP contribution in [0.25, 0.3) is 0 Å². The van der Waals surface area contributed by atoms with Crippen LogP contribution in [0.2, 0.25) is 0 Å². The van der Waals surface area contributed by atoms with Gasteiger partial charge in [-0.2, -0.15) is 0 Å². The summed E-state index contributed by atoms with van der Waals surface area (Å²) < 4.78 is 14.2. The Morgan fingerprint density at radius 1 is 1.33 bits per heavy atom. The van der Waals surface area contributed by atoms with Crippen LogP contribution in [0.4, 0.5) is 10.1 Å². The molecule has 0 saturated carbocycles. The molecule has 27 heavy (non-hydrogen) atoms. The molecule has 2 amide bonds. The number of amides is 2. The van der Waals surface area contributed by atoms with Gasteiger partial charge >= 0.3 is 0 Å². The van der Waals surface area contributed by atoms with Gasteiger partial charge in [-0.05, 0) is 48.4 Å². The lowest BCUT2D eigenvalue weighted by Gasteiger charge is -2.31. The Kier molecular flexibility index (Phi) is 5.18. The highest BCUT2D eigenvalue weighted by atomic mass is 32.2. The number of hydrogen-bond acceptors (Lipinski definition) is 5. The topological polar surface area (TPSA) is 111 Å². The predicted molar refractivity (Wildman–Crippen MR) is 104 cm³/mol. The number of pyridine rings is 1. The summed E-state index contributed by atoms with van der Waals surface area (Å²) in [7, 11) is 0. The number of primary amides is 1. The minimum atomic E-state index is -0.763. The average molecular weight is 386 g/mol. The van der Waals surface area contributed by atoms with Crippen LogP contribution in [0.1, 0.15) is 39.8 Å². The Morgan fingerprint density at radius 2 is 2.11 bits per heavy atom. The molecule has 140 valence electrons. The molecule has 1 aromatic heterocycles. The highest BCUT2D eigenvalue weighted by molar-refractivity contribution is 8.03. The zero-order valence-electron chi connectivity index (χ0n) is 14.7. The number of allylic oxidation sites excluding steroid dienone is 1. The fourth-order valence-corrected chi connectivity index (χ4v) is 4.11. The van der Waals surface area contributed by atoms with Crippen molar-refractivity contribution in [1.29, 1.82) is 0 Å². The summed E-state index contributed by atoms with van der Waals surface area (Å²) >= 11 is 1.56. The number of aromatic nitrogens is 1. The first-order valence-electron chi connectivity index (χ1n) is 8.27. The molecule has 3 rings (SSSR count). The smallest absolute Gasteiger partial charge is 0.275 e. The Labute approximate surface area is 160 Å². The van der Waals surface area contributed by atoms with Gasteiger partial charge in [0, 0.05) is 23.1 Å². The first-order valence-corrected chi connectivity index (χ1v) is 9.25. The number of carbonyl (C=O) groups is 2. The maximum absolute atomic E-state index is 14.2. The third-order valence-electron chi connectivity index (χ3n) is 4.45. The van der Waals surface area contributed by atoms with Crippen molar-refractivity contribution >= 4 is 29.3 Å². The van der Waals surface area contributed by atoms with Gasteiger partial charge < -0.3 is 16.8 Å². The summed E-state index contributed by atoms with van der Waals surface area (Å²) in [6, 6.07) is 7.27. The number of hydrogen-bond donors (Lipinski definition) is 3. The van der Waals surface area contributed by atoms with Gasteiger partial charge in [0.15, 0.2) is 0 Å². The SMILES string of the molecule is CC1(c2cc(F)cc(NC(=O)c3ncccc3C(N)=O)c2)C=C(N)SCC1. The predicted octanol–water partition coefficient (Wildman–Crippen LogP) is 2.77. The van der Waals surface area contributed by atoms with Crippen molar-refractivity contribution in [2.75, 3.05) is 11.1 Å². The van der Waals surface area contributed by atoms with Crippen LogP contribution in [-0.4, -0.2) is 22.6 Å². The van der Waals surface area contributed by atoms with Gasteiger partial charge in [0.25, 0.3) is 11.8 Å². The van der Waals surface area contributed by atoms with E-state index in [2.05, 4.69) is 10.3 Å². The number of halogens is 1. The Balaban J connectivity index is 1.93. The van der Waals surface area contributed by atoms with Gasteiger partial charge in [0.05, 0.1) is 10.6 Å². The van der Waals surface area contributed by atoms with E-state index in [-0.39, 0.29) is 16.9 Å². The molecular formula is C19H19FN4O2S. The van der Waals surface area contributed by atoms with Crippen molar-refractivity contribution in [3.63, 3.8) is 0 Å². The van der Waals surface area contributed by atoms with Gasteiger partial charge in [-0.15, -0.1) is 11.8 Å². The molecule has 0 fully saturated rings. The maximum Gasteiger partial charge on any atom is 0.275 e. The molecule has 1 unspecified atom stereocenters. The number of thioether (sulfide) groups is 1. The number of nitrogens with two attached hydrogens (primary N) is 2. The molecule has 6 nitrogen and oxygen atoms in total. The lowest BCUT2D eigenvalue weighted by molar-refractivity contribution is 0.0974. The van der Waals surface area contributed by atoms with E-state index in [9.17, 15) is 14.0 Å². The maximum atomic E-state index is 14.2. The molecule has 2 heterocycles. The fraction of sp³-hybridized carbons (Fsp3) is 0.211. The number of anilines is 1. The summed E-state index contributed by atoms with van der Waals surface area (Å²) in [6.45, 7) is 1.98. The van der Waals surface area contributed by atoms with Crippen molar-refractivity contribution in [3.05, 3.63) is 70.3 Å². The van der Waals surface area contributed by atoms with E-state index in [0.717, 1.165) is 12.2 Å². The van der Waals surface area contributed by atoms with Crippen molar-refractivity contribution in [2.45, 2.75) is 18.8 Å². The number of benzene rings is 1. The van der Waals surface area contributed by atoms with Crippen LogP contribution in [0.5, 0.6) is 0 Å². The summed E-state index contributed by atoms with van der Waals surface area (Å²) in [5.41, 5.74) is 11.6. The molecule has 5 N–H and O–H groups in total. The number of nitrogens with one attached hydrogen (secondary N) is 1. The molecule has 1 atom stereocenters. The summed E-state index contributed by atoms with van der Waals surface area (Å²) in [5, 5.41) is 3.29. The van der Waals surface area contributed by atoms with E-state index in [1.165, 1.54) is 30.5 Å². The van der Waals surface area contributed by atoms with Crippen molar-refractivity contribution in [3.8, 4) is 0 Å². The second-order valence-corrected chi connectivity index (χ2v) is 7.68. The molecule has 1 aliphatic heterocycles. The van der Waals surface area contributed by atoms with E-state index in [0.29, 0.717) is 10.6 Å². The highest BCUT2D eigenvalue weighted by Gasteiger charge is 2.29. The fourth-order valence-electron chi connectivity index (χ4n) is 3.00. The van der Waals surface area contributed by atoms with Crippen LogP contribution in [0.3, 0.4) is 0 Å². The first-order chi connectivity index (χ1) is 12.8. The molecule has 1 aromatic carbocycles. The number of rotatable bonds is 4. The molecular weight excluding hydrogens is 367 g/mol. The average Bonchev–Trinajstić information content (AvgIpc) is 2.61. The van der Waals surface area contributed by atoms with Gasteiger partial charge in [-0.3, -0.25) is 14.6 Å². The molecule has 0 aliphatic carbocycles. The summed E-state index contributed by atoms with van der Waals surface area (Å²) in [4.78, 5) is 27.9. The zero-order valence-corrected chi connectivity index (χ0v) is 15.5. The molecule has 0 saturated heterocycles. The minimum Gasteiger partial charge on any atom is -0.394 e. The quantitative estimate of drug-likeness (QED) is 0.748. The van der Waals surface area contributed by atoms with E-state index in [4.69, 9.17) is 11.5 Å². The standard InChI is InChI=1S/C19H19FN4O2S/c1-19(4-6-27-15(21)10-19)11-7-12(20)9-13(8-11)24-18(26)16-14(17(22)25)3-2-5-23-16/h2-3,5,7-10H,4,6,21H2,1H3,(H2,22,25)(H,24,26).